The van der Waals surface area contributed by atoms with Crippen LogP contribution < -0.4 is 0 Å². The van der Waals surface area contributed by atoms with Crippen LogP contribution in [-0.2, 0) is 14.3 Å². The van der Waals surface area contributed by atoms with Gasteiger partial charge in [0.15, 0.2) is 0 Å². The van der Waals surface area contributed by atoms with Gasteiger partial charge in [0.05, 0.1) is 6.10 Å². The zero-order valence-corrected chi connectivity index (χ0v) is 13.5. The molecule has 6 nitrogen and oxygen atoms in total. The molecule has 0 radical (unpaired) electrons. The van der Waals surface area contributed by atoms with Crippen molar-refractivity contribution >= 4 is 11.8 Å². The molecule has 1 unspecified atom stereocenters. The van der Waals surface area contributed by atoms with E-state index in [0.717, 1.165) is 32.2 Å². The predicted octanol–water partition coefficient (Wildman–Crippen LogP) is 0.635. The molecule has 0 aromatic carbocycles. The molecule has 0 bridgehead atoms. The lowest BCUT2D eigenvalue weighted by molar-refractivity contribution is -0.142. The van der Waals surface area contributed by atoms with E-state index < -0.39 is 0 Å². The van der Waals surface area contributed by atoms with Crippen LogP contribution in [0.15, 0.2) is 0 Å². The average molecular weight is 312 g/mol. The second kappa shape index (κ2) is 8.48. The van der Waals surface area contributed by atoms with E-state index in [4.69, 9.17) is 4.74 Å². The van der Waals surface area contributed by atoms with Crippen molar-refractivity contribution in [3.8, 4) is 0 Å². The third-order valence-corrected chi connectivity index (χ3v) is 4.64. The number of likely N-dealkylation sites (tertiary alicyclic amines) is 2. The number of piperidine rings is 1. The highest BCUT2D eigenvalue weighted by atomic mass is 16.5. The molecule has 0 aromatic rings. The average Bonchev–Trinajstić information content (AvgIpc) is 2.76. The molecule has 0 spiro atoms. The molecule has 2 amide bonds. The van der Waals surface area contributed by atoms with Crippen LogP contribution in [0.3, 0.4) is 0 Å². The van der Waals surface area contributed by atoms with E-state index in [-0.39, 0.29) is 30.4 Å². The van der Waals surface area contributed by atoms with Gasteiger partial charge in [0.25, 0.3) is 0 Å². The van der Waals surface area contributed by atoms with E-state index in [1.807, 2.05) is 11.8 Å². The van der Waals surface area contributed by atoms with Crippen molar-refractivity contribution in [2.45, 2.75) is 45.1 Å². The van der Waals surface area contributed by atoms with Gasteiger partial charge in [-0.2, -0.15) is 0 Å². The Hall–Kier alpha value is -1.14. The first-order valence-corrected chi connectivity index (χ1v) is 8.44. The summed E-state index contributed by atoms with van der Waals surface area (Å²) < 4.78 is 5.15. The van der Waals surface area contributed by atoms with Crippen LogP contribution in [0.5, 0.6) is 0 Å². The summed E-state index contributed by atoms with van der Waals surface area (Å²) in [4.78, 5) is 28.2. The Morgan fingerprint density at radius 1 is 1.05 bits per heavy atom. The largest absolute Gasteiger partial charge is 0.393 e. The van der Waals surface area contributed by atoms with E-state index in [0.29, 0.717) is 32.7 Å². The van der Waals surface area contributed by atoms with Crippen molar-refractivity contribution < 1.29 is 19.4 Å². The van der Waals surface area contributed by atoms with Gasteiger partial charge in [-0.15, -0.1) is 0 Å². The molecule has 2 aliphatic rings. The maximum Gasteiger partial charge on any atom is 0.248 e. The number of carbonyl (C=O) groups is 2. The summed E-state index contributed by atoms with van der Waals surface area (Å²) in [5.74, 6) is 0.239. The Morgan fingerprint density at radius 2 is 1.73 bits per heavy atom. The third kappa shape index (κ3) is 4.68. The standard InChI is InChI=1S/C16H28N2O4/c1-2-22-12-15(20)17-9-5-13(6-10-17)16(21)18-8-3-4-14(19)7-11-18/h13-14,19H,2-12H2,1H3. The third-order valence-electron chi connectivity index (χ3n) is 4.64. The molecule has 2 fully saturated rings. The van der Waals surface area contributed by atoms with Gasteiger partial charge in [0, 0.05) is 38.7 Å². The lowest BCUT2D eigenvalue weighted by atomic mass is 9.95. The van der Waals surface area contributed by atoms with Gasteiger partial charge in [0.2, 0.25) is 11.8 Å². The zero-order valence-electron chi connectivity index (χ0n) is 13.5. The number of aliphatic hydroxyl groups is 1. The first-order valence-electron chi connectivity index (χ1n) is 8.44. The normalized spacial score (nSPS) is 24.2. The second-order valence-corrected chi connectivity index (χ2v) is 6.20. The van der Waals surface area contributed by atoms with Gasteiger partial charge in [-0.25, -0.2) is 0 Å². The van der Waals surface area contributed by atoms with E-state index in [9.17, 15) is 14.7 Å². The van der Waals surface area contributed by atoms with Crippen molar-refractivity contribution in [3.05, 3.63) is 0 Å². The van der Waals surface area contributed by atoms with E-state index in [1.165, 1.54) is 0 Å². The second-order valence-electron chi connectivity index (χ2n) is 6.20. The van der Waals surface area contributed by atoms with Crippen molar-refractivity contribution in [1.82, 2.24) is 9.80 Å². The van der Waals surface area contributed by atoms with Crippen molar-refractivity contribution in [1.29, 1.82) is 0 Å². The summed E-state index contributed by atoms with van der Waals surface area (Å²) >= 11 is 0. The lowest BCUT2D eigenvalue weighted by Gasteiger charge is -2.34. The van der Waals surface area contributed by atoms with Crippen LogP contribution in [0.25, 0.3) is 0 Å². The molecule has 6 heteroatoms. The molecule has 2 saturated heterocycles. The minimum absolute atomic E-state index is 0.0191. The highest BCUT2D eigenvalue weighted by molar-refractivity contribution is 5.80. The highest BCUT2D eigenvalue weighted by Crippen LogP contribution is 2.22. The summed E-state index contributed by atoms with van der Waals surface area (Å²) in [5.41, 5.74) is 0. The van der Waals surface area contributed by atoms with Crippen molar-refractivity contribution in [2.24, 2.45) is 5.92 Å². The highest BCUT2D eigenvalue weighted by Gasteiger charge is 2.30. The molecule has 2 aliphatic heterocycles. The number of hydrogen-bond donors (Lipinski definition) is 1. The molecule has 2 heterocycles. The minimum atomic E-state index is -0.268. The summed E-state index contributed by atoms with van der Waals surface area (Å²) in [6.45, 7) is 5.23. The molecule has 0 saturated carbocycles. The summed E-state index contributed by atoms with van der Waals surface area (Å²) in [6.07, 6.45) is 3.53. The smallest absolute Gasteiger partial charge is 0.248 e. The molecule has 1 atom stereocenters. The fourth-order valence-electron chi connectivity index (χ4n) is 3.21. The van der Waals surface area contributed by atoms with Gasteiger partial charge in [-0.05, 0) is 39.0 Å². The number of carbonyl (C=O) groups excluding carboxylic acids is 2. The Morgan fingerprint density at radius 3 is 2.41 bits per heavy atom. The summed E-state index contributed by atoms with van der Waals surface area (Å²) in [5, 5.41) is 9.67. The Labute approximate surface area is 132 Å². The molecular weight excluding hydrogens is 284 g/mol. The first kappa shape index (κ1) is 17.2. The number of rotatable bonds is 4. The van der Waals surface area contributed by atoms with Crippen LogP contribution in [0.2, 0.25) is 0 Å². The molecule has 1 N–H and O–H groups in total. The van der Waals surface area contributed by atoms with Gasteiger partial charge in [0.1, 0.15) is 6.61 Å². The van der Waals surface area contributed by atoms with Gasteiger partial charge >= 0.3 is 0 Å². The number of nitrogens with zero attached hydrogens (tertiary/aromatic N) is 2. The maximum atomic E-state index is 12.6. The van der Waals surface area contributed by atoms with Gasteiger partial charge < -0.3 is 19.6 Å². The van der Waals surface area contributed by atoms with Gasteiger partial charge in [-0.1, -0.05) is 0 Å². The summed E-state index contributed by atoms with van der Waals surface area (Å²) in [6, 6.07) is 0. The van der Waals surface area contributed by atoms with Crippen LogP contribution in [0.1, 0.15) is 39.0 Å². The van der Waals surface area contributed by atoms with Crippen LogP contribution in [0.4, 0.5) is 0 Å². The van der Waals surface area contributed by atoms with E-state index >= 15 is 0 Å². The van der Waals surface area contributed by atoms with E-state index in [2.05, 4.69) is 0 Å². The Bertz CT molecular complexity index is 380. The van der Waals surface area contributed by atoms with Gasteiger partial charge in [-0.3, -0.25) is 9.59 Å². The zero-order chi connectivity index (χ0) is 15.9. The molecule has 0 aromatic heterocycles. The molecule has 22 heavy (non-hydrogen) atoms. The first-order chi connectivity index (χ1) is 10.6. The van der Waals surface area contributed by atoms with E-state index in [1.54, 1.807) is 4.90 Å². The molecule has 0 aliphatic carbocycles. The molecular formula is C16H28N2O4. The maximum absolute atomic E-state index is 12.6. The SMILES string of the molecule is CCOCC(=O)N1CCC(C(=O)N2CCCC(O)CC2)CC1. The monoisotopic (exact) mass is 312 g/mol. The minimum Gasteiger partial charge on any atom is -0.393 e. The van der Waals surface area contributed by atoms with Crippen LogP contribution in [-0.4, -0.2) is 72.2 Å². The Balaban J connectivity index is 1.78. The fraction of sp³-hybridized carbons (Fsp3) is 0.875. The van der Waals surface area contributed by atoms with Crippen LogP contribution >= 0.6 is 0 Å². The number of ether oxygens (including phenoxy) is 1. The molecule has 2 rings (SSSR count). The Kier molecular flexibility index (Phi) is 6.64. The fourth-order valence-corrected chi connectivity index (χ4v) is 3.21. The quantitative estimate of drug-likeness (QED) is 0.827. The topological polar surface area (TPSA) is 70.1 Å². The molecule has 126 valence electrons. The van der Waals surface area contributed by atoms with Crippen molar-refractivity contribution in [2.75, 3.05) is 39.4 Å². The predicted molar refractivity (Wildman–Crippen MR) is 82.2 cm³/mol. The lowest BCUT2D eigenvalue weighted by Crippen LogP contribution is -2.45. The number of aliphatic hydroxyl groups excluding tert-OH is 1. The van der Waals surface area contributed by atoms with Crippen LogP contribution in [0, 0.1) is 5.92 Å². The van der Waals surface area contributed by atoms with Crippen molar-refractivity contribution in [3.63, 3.8) is 0 Å². The number of amides is 2. The summed E-state index contributed by atoms with van der Waals surface area (Å²) in [7, 11) is 0. The number of hydrogen-bond acceptors (Lipinski definition) is 4.